The largest absolute Gasteiger partial charge is 0.416 e. The van der Waals surface area contributed by atoms with E-state index in [9.17, 15) is 18.0 Å². The van der Waals surface area contributed by atoms with Crippen LogP contribution in [0.1, 0.15) is 81.0 Å². The van der Waals surface area contributed by atoms with Gasteiger partial charge in [0.1, 0.15) is 5.65 Å². The number of hydrogen-bond acceptors (Lipinski definition) is 6. The van der Waals surface area contributed by atoms with Gasteiger partial charge in [-0.2, -0.15) is 18.2 Å². The molecule has 256 valence electrons. The van der Waals surface area contributed by atoms with Crippen LogP contribution >= 0.6 is 11.8 Å². The van der Waals surface area contributed by atoms with E-state index >= 15 is 0 Å². The van der Waals surface area contributed by atoms with E-state index in [1.165, 1.54) is 16.2 Å². The second-order valence-corrected chi connectivity index (χ2v) is 14.2. The van der Waals surface area contributed by atoms with Gasteiger partial charge in [-0.1, -0.05) is 12.5 Å². The molecule has 0 unspecified atom stereocenters. The molecule has 12 heteroatoms. The molecule has 6 N–H and O–H groups in total. The highest BCUT2D eigenvalue weighted by Crippen LogP contribution is 2.37. The third-order valence-electron chi connectivity index (χ3n) is 9.61. The van der Waals surface area contributed by atoms with Crippen LogP contribution in [0.5, 0.6) is 0 Å². The third-order valence-corrected chi connectivity index (χ3v) is 10.4. The molecule has 4 aromatic rings. The Morgan fingerprint density at radius 1 is 1.17 bits per heavy atom. The van der Waals surface area contributed by atoms with Crippen LogP contribution in [-0.2, 0) is 12.6 Å². The van der Waals surface area contributed by atoms with E-state index in [4.69, 9.17) is 11.1 Å². The van der Waals surface area contributed by atoms with Crippen molar-refractivity contribution in [3.8, 4) is 16.9 Å². The molecule has 3 atom stereocenters. The van der Waals surface area contributed by atoms with Gasteiger partial charge in [-0.15, -0.1) is 11.8 Å². The van der Waals surface area contributed by atoms with Crippen molar-refractivity contribution in [1.82, 2.24) is 25.2 Å². The number of benzene rings is 2. The second-order valence-electron chi connectivity index (χ2n) is 13.3. The van der Waals surface area contributed by atoms with Gasteiger partial charge in [0.15, 0.2) is 0 Å². The quantitative estimate of drug-likeness (QED) is 0.0607. The van der Waals surface area contributed by atoms with Gasteiger partial charge in [0.25, 0.3) is 0 Å². The zero-order chi connectivity index (χ0) is 34.0. The number of thioether (sulfide) groups is 1. The van der Waals surface area contributed by atoms with Crippen LogP contribution in [0.3, 0.4) is 0 Å². The van der Waals surface area contributed by atoms with Crippen LogP contribution in [0.4, 0.5) is 13.2 Å². The highest BCUT2D eigenvalue weighted by Gasteiger charge is 2.32. The summed E-state index contributed by atoms with van der Waals surface area (Å²) in [4.78, 5) is 21.7. The van der Waals surface area contributed by atoms with Crippen LogP contribution in [0.2, 0.25) is 0 Å². The lowest BCUT2D eigenvalue weighted by Gasteiger charge is -2.32. The highest BCUT2D eigenvalue weighted by atomic mass is 32.2. The number of fused-ring (bicyclic) bond motifs is 1. The maximum absolute atomic E-state index is 13.9. The fourth-order valence-corrected chi connectivity index (χ4v) is 7.54. The van der Waals surface area contributed by atoms with E-state index in [1.54, 1.807) is 37.0 Å². The Morgan fingerprint density at radius 3 is 2.71 bits per heavy atom. The van der Waals surface area contributed by atoms with E-state index in [0.29, 0.717) is 57.8 Å². The average molecular weight is 680 g/mol. The van der Waals surface area contributed by atoms with Crippen molar-refractivity contribution in [1.29, 1.82) is 5.41 Å². The number of nitrogens with one attached hydrogen (secondary N) is 4. The number of rotatable bonds is 12. The zero-order valence-electron chi connectivity index (χ0n) is 27.4. The lowest BCUT2D eigenvalue weighted by Crippen LogP contribution is -2.39. The van der Waals surface area contributed by atoms with Crippen LogP contribution < -0.4 is 22.1 Å². The van der Waals surface area contributed by atoms with Gasteiger partial charge in [-0.05, 0) is 124 Å². The number of nitrogens with two attached hydrogens (primary N) is 1. The maximum Gasteiger partial charge on any atom is 0.416 e. The van der Waals surface area contributed by atoms with Crippen molar-refractivity contribution in [3.63, 3.8) is 0 Å². The molecule has 3 heterocycles. The van der Waals surface area contributed by atoms with Gasteiger partial charge < -0.3 is 21.4 Å². The molecule has 1 saturated heterocycles. The minimum atomic E-state index is -4.49. The number of H-pyrrole nitrogens is 1. The molecule has 0 bridgehead atoms. The Balaban J connectivity index is 1.24. The number of piperidine rings is 1. The summed E-state index contributed by atoms with van der Waals surface area (Å²) in [5, 5.41) is 15.1. The molecule has 2 aromatic carbocycles. The summed E-state index contributed by atoms with van der Waals surface area (Å²) in [5.74, 6) is 1.03. The standard InChI is InChI=1S/C36H44F3N7OS/c1-21(40)42-14-13-27-6-4-8-31(43-27)29-12-11-28(19-33(29)48-2)46-20-25-18-32(44-34(25)45-35(46)47)24-15-22(16-26(17-24)36(37,38)39)5-3-7-30(41)23-9-10-23/h11-12,15-20,23,27,30-31,43H,3-10,13-14,41H2,1-2H3,(H2,40,42)(H,44,45,47)/t27-,30+,31-/m0/s1. The van der Waals surface area contributed by atoms with Gasteiger partial charge >= 0.3 is 11.9 Å². The summed E-state index contributed by atoms with van der Waals surface area (Å²) in [5.41, 5.74) is 8.72. The molecule has 1 aliphatic carbocycles. The molecule has 1 saturated carbocycles. The smallest absolute Gasteiger partial charge is 0.374 e. The van der Waals surface area contributed by atoms with Gasteiger partial charge in [0, 0.05) is 46.8 Å². The maximum atomic E-state index is 13.9. The fraction of sp³-hybridized carbons (Fsp3) is 0.472. The average Bonchev–Trinajstić information content (AvgIpc) is 3.83. The SMILES string of the molecule is CSc1cc(-n2cc3cc(-c4cc(CCC[C@@H](N)C5CC5)cc(C(F)(F)F)c4)[nH]c3nc2=O)ccc1[C@@H]1CCC[C@@H](CCNC(C)=N)N1. The van der Waals surface area contributed by atoms with Crippen molar-refractivity contribution < 1.29 is 13.2 Å². The summed E-state index contributed by atoms with van der Waals surface area (Å²) in [6.07, 6.45) is 7.70. The molecule has 1 aliphatic heterocycles. The van der Waals surface area contributed by atoms with Gasteiger partial charge in [-0.3, -0.25) is 9.98 Å². The van der Waals surface area contributed by atoms with Crippen molar-refractivity contribution in [3.05, 3.63) is 75.8 Å². The van der Waals surface area contributed by atoms with Gasteiger partial charge in [0.2, 0.25) is 0 Å². The fourth-order valence-electron chi connectivity index (χ4n) is 6.86. The first-order chi connectivity index (χ1) is 23.0. The molecule has 0 radical (unpaired) electrons. The third kappa shape index (κ3) is 8.15. The molecule has 48 heavy (non-hydrogen) atoms. The predicted molar refractivity (Wildman–Crippen MR) is 187 cm³/mol. The number of hydrogen-bond donors (Lipinski definition) is 5. The number of aryl methyl sites for hydroxylation is 1. The number of nitrogens with zero attached hydrogens (tertiary/aromatic N) is 2. The number of halogens is 3. The summed E-state index contributed by atoms with van der Waals surface area (Å²) in [7, 11) is 0. The van der Waals surface area contributed by atoms with E-state index in [1.807, 2.05) is 18.4 Å². The molecule has 2 aliphatic rings. The van der Waals surface area contributed by atoms with Crippen molar-refractivity contribution >= 4 is 28.6 Å². The van der Waals surface area contributed by atoms with Gasteiger partial charge in [-0.25, -0.2) is 4.79 Å². The molecule has 2 aromatic heterocycles. The van der Waals surface area contributed by atoms with E-state index in [2.05, 4.69) is 26.7 Å². The lowest BCUT2D eigenvalue weighted by molar-refractivity contribution is -0.137. The zero-order valence-corrected chi connectivity index (χ0v) is 28.2. The van der Waals surface area contributed by atoms with Crippen molar-refractivity contribution in [2.45, 2.75) is 93.9 Å². The Labute approximate surface area is 283 Å². The highest BCUT2D eigenvalue weighted by molar-refractivity contribution is 7.98. The first-order valence-electron chi connectivity index (χ1n) is 16.8. The minimum Gasteiger partial charge on any atom is -0.374 e. The Bertz CT molecular complexity index is 1830. The predicted octanol–water partition coefficient (Wildman–Crippen LogP) is 7.34. The van der Waals surface area contributed by atoms with E-state index < -0.39 is 17.4 Å². The summed E-state index contributed by atoms with van der Waals surface area (Å²) in [6, 6.07) is 12.6. The number of amidine groups is 1. The van der Waals surface area contributed by atoms with Crippen molar-refractivity contribution in [2.24, 2.45) is 11.7 Å². The first kappa shape index (κ1) is 34.3. The Kier molecular flexibility index (Phi) is 10.3. The lowest BCUT2D eigenvalue weighted by atomic mass is 9.92. The Morgan fingerprint density at radius 2 is 1.98 bits per heavy atom. The monoisotopic (exact) mass is 679 g/mol. The van der Waals surface area contributed by atoms with Crippen molar-refractivity contribution in [2.75, 3.05) is 12.8 Å². The summed E-state index contributed by atoms with van der Waals surface area (Å²) >= 11 is 1.63. The molecular formula is C36H44F3N7OS. The number of aromatic nitrogens is 3. The first-order valence-corrected chi connectivity index (χ1v) is 18.0. The number of aromatic amines is 1. The molecule has 6 rings (SSSR count). The van der Waals surface area contributed by atoms with Crippen LogP contribution in [0.15, 0.2) is 58.4 Å². The normalized spacial score (nSPS) is 19.0. The summed E-state index contributed by atoms with van der Waals surface area (Å²) in [6.45, 7) is 2.51. The molecule has 8 nitrogen and oxygen atoms in total. The Hall–Kier alpha value is -3.61. The van der Waals surface area contributed by atoms with Crippen LogP contribution in [-0.4, -0.2) is 45.3 Å². The van der Waals surface area contributed by atoms with Gasteiger partial charge in [0.05, 0.1) is 17.1 Å². The number of alkyl halides is 3. The molecule has 0 amide bonds. The minimum absolute atomic E-state index is 0.110. The van der Waals surface area contributed by atoms with E-state index in [0.717, 1.165) is 68.9 Å². The van der Waals surface area contributed by atoms with Crippen LogP contribution in [0.25, 0.3) is 28.0 Å². The van der Waals surface area contributed by atoms with E-state index in [-0.39, 0.29) is 12.1 Å². The second kappa shape index (κ2) is 14.5. The van der Waals surface area contributed by atoms with Crippen LogP contribution in [0, 0.1) is 11.3 Å². The molecular weight excluding hydrogens is 636 g/mol. The molecule has 2 fully saturated rings. The molecule has 0 spiro atoms. The topological polar surface area (TPSA) is 125 Å². The summed E-state index contributed by atoms with van der Waals surface area (Å²) < 4.78 is 43.3.